The number of carbonyl (C=O) groups excluding carboxylic acids is 1. The summed E-state index contributed by atoms with van der Waals surface area (Å²) in [5, 5.41) is 15.4. The van der Waals surface area contributed by atoms with Gasteiger partial charge in [-0.2, -0.15) is 0 Å². The second-order valence-electron chi connectivity index (χ2n) is 5.04. The SMILES string of the molecule is CC(C)c1nc(C(=O)N2CCOC(CC(=O)O)C2)n[nH]1. The van der Waals surface area contributed by atoms with Crippen LogP contribution in [0.3, 0.4) is 0 Å². The molecule has 8 nitrogen and oxygen atoms in total. The minimum atomic E-state index is -0.940. The van der Waals surface area contributed by atoms with Crippen LogP contribution in [0.1, 0.15) is 42.6 Å². The number of hydrogen-bond acceptors (Lipinski definition) is 5. The minimum Gasteiger partial charge on any atom is -0.481 e. The van der Waals surface area contributed by atoms with Gasteiger partial charge in [-0.05, 0) is 0 Å². The summed E-state index contributed by atoms with van der Waals surface area (Å²) in [5.41, 5.74) is 0. The van der Waals surface area contributed by atoms with Gasteiger partial charge in [-0.1, -0.05) is 13.8 Å². The van der Waals surface area contributed by atoms with Gasteiger partial charge < -0.3 is 14.7 Å². The van der Waals surface area contributed by atoms with Gasteiger partial charge in [0, 0.05) is 19.0 Å². The Kier molecular flexibility index (Phi) is 4.33. The van der Waals surface area contributed by atoms with Crippen molar-refractivity contribution in [2.45, 2.75) is 32.3 Å². The first kappa shape index (κ1) is 14.4. The highest BCUT2D eigenvalue weighted by atomic mass is 16.5. The zero-order valence-corrected chi connectivity index (χ0v) is 11.5. The average molecular weight is 282 g/mol. The first-order valence-electron chi connectivity index (χ1n) is 6.52. The van der Waals surface area contributed by atoms with E-state index in [1.165, 1.54) is 4.90 Å². The predicted molar refractivity (Wildman–Crippen MR) is 68.4 cm³/mol. The van der Waals surface area contributed by atoms with Crippen LogP contribution in [0.4, 0.5) is 0 Å². The number of carboxylic acid groups (broad SMARTS) is 1. The van der Waals surface area contributed by atoms with E-state index < -0.39 is 12.1 Å². The number of aromatic amines is 1. The molecule has 0 radical (unpaired) electrons. The number of carbonyl (C=O) groups is 2. The Bertz CT molecular complexity index is 499. The zero-order chi connectivity index (χ0) is 14.7. The molecule has 1 unspecified atom stereocenters. The lowest BCUT2D eigenvalue weighted by molar-refractivity contribution is -0.141. The number of nitrogens with one attached hydrogen (secondary N) is 1. The minimum absolute atomic E-state index is 0.115. The average Bonchev–Trinajstić information content (AvgIpc) is 2.87. The molecule has 0 aliphatic carbocycles. The highest BCUT2D eigenvalue weighted by Gasteiger charge is 2.28. The van der Waals surface area contributed by atoms with Gasteiger partial charge in [-0.15, -0.1) is 5.10 Å². The van der Waals surface area contributed by atoms with Crippen LogP contribution >= 0.6 is 0 Å². The van der Waals surface area contributed by atoms with Gasteiger partial charge in [0.1, 0.15) is 5.82 Å². The molecule has 1 aliphatic heterocycles. The lowest BCUT2D eigenvalue weighted by Gasteiger charge is -2.31. The third-order valence-corrected chi connectivity index (χ3v) is 3.07. The van der Waals surface area contributed by atoms with Crippen LogP contribution in [-0.2, 0) is 9.53 Å². The van der Waals surface area contributed by atoms with E-state index in [1.807, 2.05) is 13.8 Å². The van der Waals surface area contributed by atoms with E-state index in [1.54, 1.807) is 0 Å². The molecule has 8 heteroatoms. The molecule has 20 heavy (non-hydrogen) atoms. The fourth-order valence-electron chi connectivity index (χ4n) is 1.99. The number of rotatable bonds is 4. The van der Waals surface area contributed by atoms with Crippen LogP contribution in [0.2, 0.25) is 0 Å². The number of nitrogens with zero attached hydrogens (tertiary/aromatic N) is 3. The molecule has 2 N–H and O–H groups in total. The van der Waals surface area contributed by atoms with Crippen LogP contribution in [0, 0.1) is 0 Å². The van der Waals surface area contributed by atoms with Crippen LogP contribution in [0.5, 0.6) is 0 Å². The molecule has 110 valence electrons. The Morgan fingerprint density at radius 1 is 1.55 bits per heavy atom. The Hall–Kier alpha value is -1.96. The fraction of sp³-hybridized carbons (Fsp3) is 0.667. The van der Waals surface area contributed by atoms with Crippen molar-refractivity contribution in [1.82, 2.24) is 20.1 Å². The predicted octanol–water partition coefficient (Wildman–Crippen LogP) is 0.244. The van der Waals surface area contributed by atoms with Crippen molar-refractivity contribution in [3.8, 4) is 0 Å². The quantitative estimate of drug-likeness (QED) is 0.819. The molecule has 1 saturated heterocycles. The molecule has 1 aromatic heterocycles. The lowest BCUT2D eigenvalue weighted by Crippen LogP contribution is -2.46. The number of amides is 1. The third kappa shape index (κ3) is 3.32. The van der Waals surface area contributed by atoms with Crippen molar-refractivity contribution in [3.05, 3.63) is 11.6 Å². The normalized spacial score (nSPS) is 19.4. The molecule has 1 aliphatic rings. The zero-order valence-electron chi connectivity index (χ0n) is 11.5. The van der Waals surface area contributed by atoms with Crippen molar-refractivity contribution in [2.24, 2.45) is 0 Å². The molecule has 1 fully saturated rings. The largest absolute Gasteiger partial charge is 0.481 e. The van der Waals surface area contributed by atoms with E-state index >= 15 is 0 Å². The number of aliphatic carboxylic acids is 1. The van der Waals surface area contributed by atoms with E-state index in [0.717, 1.165) is 0 Å². The standard InChI is InChI=1S/C12H18N4O4/c1-7(2)10-13-11(15-14-10)12(19)16-3-4-20-8(6-16)5-9(17)18/h7-8H,3-6H2,1-2H3,(H,17,18)(H,13,14,15). The highest BCUT2D eigenvalue weighted by molar-refractivity contribution is 5.90. The van der Waals surface area contributed by atoms with E-state index in [0.29, 0.717) is 19.0 Å². The van der Waals surface area contributed by atoms with Gasteiger partial charge in [0.2, 0.25) is 5.82 Å². The Balaban J connectivity index is 2.02. The third-order valence-electron chi connectivity index (χ3n) is 3.07. The number of morpholine rings is 1. The summed E-state index contributed by atoms with van der Waals surface area (Å²) < 4.78 is 5.33. The van der Waals surface area contributed by atoms with E-state index in [4.69, 9.17) is 9.84 Å². The van der Waals surface area contributed by atoms with Crippen molar-refractivity contribution < 1.29 is 19.4 Å². The Morgan fingerprint density at radius 3 is 2.90 bits per heavy atom. The Labute approximate surface area is 116 Å². The van der Waals surface area contributed by atoms with Crippen LogP contribution < -0.4 is 0 Å². The van der Waals surface area contributed by atoms with Crippen LogP contribution in [0.15, 0.2) is 0 Å². The monoisotopic (exact) mass is 282 g/mol. The smallest absolute Gasteiger partial charge is 0.306 e. The van der Waals surface area contributed by atoms with Gasteiger partial charge >= 0.3 is 5.97 Å². The van der Waals surface area contributed by atoms with Crippen LogP contribution in [0.25, 0.3) is 0 Å². The number of aromatic nitrogens is 3. The molecular formula is C12H18N4O4. The van der Waals surface area contributed by atoms with Crippen LogP contribution in [-0.4, -0.2) is 62.9 Å². The van der Waals surface area contributed by atoms with Crippen molar-refractivity contribution in [2.75, 3.05) is 19.7 Å². The van der Waals surface area contributed by atoms with Gasteiger partial charge in [-0.25, -0.2) is 4.98 Å². The fourth-order valence-corrected chi connectivity index (χ4v) is 1.99. The molecule has 2 rings (SSSR count). The summed E-state index contributed by atoms with van der Waals surface area (Å²) >= 11 is 0. The van der Waals surface area contributed by atoms with E-state index in [2.05, 4.69) is 15.2 Å². The maximum Gasteiger partial charge on any atom is 0.306 e. The van der Waals surface area contributed by atoms with Gasteiger partial charge in [0.05, 0.1) is 19.1 Å². The number of carboxylic acids is 1. The highest BCUT2D eigenvalue weighted by Crippen LogP contribution is 2.13. The lowest BCUT2D eigenvalue weighted by atomic mass is 10.2. The molecule has 1 aromatic rings. The molecular weight excluding hydrogens is 264 g/mol. The molecule has 1 atom stereocenters. The molecule has 2 heterocycles. The maximum absolute atomic E-state index is 12.2. The van der Waals surface area contributed by atoms with Gasteiger partial charge in [0.25, 0.3) is 5.91 Å². The summed E-state index contributed by atoms with van der Waals surface area (Å²) in [7, 11) is 0. The summed E-state index contributed by atoms with van der Waals surface area (Å²) in [6, 6.07) is 0. The molecule has 0 bridgehead atoms. The molecule has 0 saturated carbocycles. The topological polar surface area (TPSA) is 108 Å². The van der Waals surface area contributed by atoms with Crippen molar-refractivity contribution >= 4 is 11.9 Å². The summed E-state index contributed by atoms with van der Waals surface area (Å²) in [6.07, 6.45) is -0.594. The molecule has 1 amide bonds. The van der Waals surface area contributed by atoms with Crippen molar-refractivity contribution in [3.63, 3.8) is 0 Å². The van der Waals surface area contributed by atoms with E-state index in [-0.39, 0.29) is 30.6 Å². The first-order valence-corrected chi connectivity index (χ1v) is 6.52. The first-order chi connectivity index (χ1) is 9.47. The maximum atomic E-state index is 12.2. The number of hydrogen-bond donors (Lipinski definition) is 2. The second kappa shape index (κ2) is 6.00. The van der Waals surface area contributed by atoms with E-state index in [9.17, 15) is 9.59 Å². The number of H-pyrrole nitrogens is 1. The Morgan fingerprint density at radius 2 is 2.30 bits per heavy atom. The summed E-state index contributed by atoms with van der Waals surface area (Å²) in [5.74, 6) is -0.307. The van der Waals surface area contributed by atoms with Gasteiger partial charge in [-0.3, -0.25) is 14.7 Å². The summed E-state index contributed by atoms with van der Waals surface area (Å²) in [6.45, 7) is 4.89. The molecule has 0 spiro atoms. The number of ether oxygens (including phenoxy) is 1. The summed E-state index contributed by atoms with van der Waals surface area (Å²) in [4.78, 5) is 28.6. The van der Waals surface area contributed by atoms with Crippen molar-refractivity contribution in [1.29, 1.82) is 0 Å². The second-order valence-corrected chi connectivity index (χ2v) is 5.04. The molecule has 0 aromatic carbocycles. The van der Waals surface area contributed by atoms with Gasteiger partial charge in [0.15, 0.2) is 0 Å².